The fourth-order valence-corrected chi connectivity index (χ4v) is 7.79. The average molecular weight is 773 g/mol. The van der Waals surface area contributed by atoms with Crippen LogP contribution in [0, 0.1) is 18.7 Å². The van der Waals surface area contributed by atoms with E-state index in [9.17, 15) is 9.18 Å². The summed E-state index contributed by atoms with van der Waals surface area (Å²) >= 11 is 12.8. The Hall–Kier alpha value is -4.47. The van der Waals surface area contributed by atoms with Crippen LogP contribution < -0.4 is 10.1 Å². The van der Waals surface area contributed by atoms with Crippen LogP contribution >= 0.6 is 23.2 Å². The van der Waals surface area contributed by atoms with E-state index in [2.05, 4.69) is 26.1 Å². The van der Waals surface area contributed by atoms with Gasteiger partial charge < -0.3 is 15.0 Å². The van der Waals surface area contributed by atoms with E-state index in [1.165, 1.54) is 6.07 Å². The fraction of sp³-hybridized carbons (Fsp3) is 0.395. The van der Waals surface area contributed by atoms with Crippen molar-refractivity contribution in [2.24, 2.45) is 10.9 Å². The zero-order valence-electron chi connectivity index (χ0n) is 32.0. The number of anilines is 1. The van der Waals surface area contributed by atoms with Crippen LogP contribution in [0.2, 0.25) is 10.0 Å². The number of hydrogen-bond acceptors (Lipinski definition) is 5. The summed E-state index contributed by atoms with van der Waals surface area (Å²) in [7, 11) is 0. The third-order valence-corrected chi connectivity index (χ3v) is 11.5. The first-order valence-electron chi connectivity index (χ1n) is 18.5. The molecule has 0 unspecified atom stereocenters. The molecule has 0 spiro atoms. The number of benzene rings is 3. The average Bonchev–Trinajstić information content (AvgIpc) is 3.38. The Balaban J connectivity index is 1.40. The second-order valence-corrected chi connectivity index (χ2v) is 16.4. The molecule has 1 saturated heterocycles. The molecule has 2 atom stereocenters. The van der Waals surface area contributed by atoms with Crippen LogP contribution in [-0.4, -0.2) is 52.3 Å². The molecule has 1 aromatic heterocycles. The molecular formula is C43H48Cl2FN5O3. The molecule has 0 radical (unpaired) electrons. The highest BCUT2D eigenvalue weighted by Gasteiger charge is 2.60. The molecule has 1 fully saturated rings. The van der Waals surface area contributed by atoms with Crippen LogP contribution in [0.1, 0.15) is 88.8 Å². The van der Waals surface area contributed by atoms with Crippen LogP contribution in [0.15, 0.2) is 84.0 Å². The summed E-state index contributed by atoms with van der Waals surface area (Å²) in [4.78, 5) is 42.4. The Morgan fingerprint density at radius 2 is 1.57 bits per heavy atom. The highest BCUT2D eigenvalue weighted by Crippen LogP contribution is 2.54. The van der Waals surface area contributed by atoms with E-state index in [1.54, 1.807) is 30.2 Å². The first-order valence-corrected chi connectivity index (χ1v) is 19.2. The van der Waals surface area contributed by atoms with E-state index in [0.29, 0.717) is 71.0 Å². The summed E-state index contributed by atoms with van der Waals surface area (Å²) in [5.74, 6) is 0.544. The van der Waals surface area contributed by atoms with Gasteiger partial charge in [-0.2, -0.15) is 0 Å². The van der Waals surface area contributed by atoms with Gasteiger partial charge in [0, 0.05) is 64.2 Å². The number of rotatable bonds is 8. The largest absolute Gasteiger partial charge is 0.493 e. The van der Waals surface area contributed by atoms with Crippen molar-refractivity contribution in [3.8, 4) is 5.75 Å². The number of amides is 3. The predicted octanol–water partition coefficient (Wildman–Crippen LogP) is 10.3. The smallest absolute Gasteiger partial charge is 0.326 e. The fourth-order valence-electron chi connectivity index (χ4n) is 7.53. The number of hydrogen-bond donors (Lipinski definition) is 1. The minimum Gasteiger partial charge on any atom is -0.493 e. The molecule has 284 valence electrons. The number of pyridine rings is 1. The van der Waals surface area contributed by atoms with Crippen molar-refractivity contribution in [3.63, 3.8) is 0 Å². The van der Waals surface area contributed by atoms with E-state index >= 15 is 4.79 Å². The van der Waals surface area contributed by atoms with Crippen molar-refractivity contribution in [2.75, 3.05) is 25.0 Å². The molecule has 11 heteroatoms. The molecular weight excluding hydrogens is 724 g/mol. The maximum absolute atomic E-state index is 15.3. The number of carbonyl (C=O) groups excluding carboxylic acids is 2. The van der Waals surface area contributed by atoms with Gasteiger partial charge in [0.05, 0.1) is 12.2 Å². The van der Waals surface area contributed by atoms with Gasteiger partial charge >= 0.3 is 6.03 Å². The molecule has 2 aliphatic heterocycles. The molecule has 0 saturated carbocycles. The molecule has 2 aliphatic rings. The van der Waals surface area contributed by atoms with Gasteiger partial charge in [0.15, 0.2) is 0 Å². The lowest BCUT2D eigenvalue weighted by Crippen LogP contribution is -2.59. The van der Waals surface area contributed by atoms with E-state index in [4.69, 9.17) is 37.9 Å². The summed E-state index contributed by atoms with van der Waals surface area (Å²) in [6, 6.07) is 21.5. The van der Waals surface area contributed by atoms with Crippen molar-refractivity contribution in [1.82, 2.24) is 14.8 Å². The number of carbonyl (C=O) groups is 2. The molecule has 6 rings (SSSR count). The standard InChI is InChI=1S/C43H48Cl2FN5O3/c1-8-54-36-25-37(41(3,4)5)47-26-33(36)39-49-42(6,29-12-16-31(44)17-13-29)43(7,30-14-18-32(45)19-15-30)51(39)40(53)50-22-20-28(21-23-50)24-38(52)48-35-11-9-10-34(46)27(35)2/h9-19,25-26,28H,8,20-24H2,1-7H3,(H,48,52)/t42-,43+/m0/s1. The summed E-state index contributed by atoms with van der Waals surface area (Å²) in [5.41, 5.74) is 1.72. The quantitative estimate of drug-likeness (QED) is 0.193. The summed E-state index contributed by atoms with van der Waals surface area (Å²) < 4.78 is 20.4. The van der Waals surface area contributed by atoms with Crippen LogP contribution in [0.5, 0.6) is 5.75 Å². The van der Waals surface area contributed by atoms with E-state index in [-0.39, 0.29) is 35.5 Å². The van der Waals surface area contributed by atoms with Gasteiger partial charge in [0.25, 0.3) is 0 Å². The number of aromatic nitrogens is 1. The third-order valence-electron chi connectivity index (χ3n) is 11.0. The number of likely N-dealkylation sites (tertiary alicyclic amines) is 1. The van der Waals surface area contributed by atoms with Crippen LogP contribution in [0.4, 0.5) is 14.9 Å². The molecule has 3 heterocycles. The van der Waals surface area contributed by atoms with Gasteiger partial charge in [-0.15, -0.1) is 0 Å². The summed E-state index contributed by atoms with van der Waals surface area (Å²) in [6.45, 7) is 15.2. The Kier molecular flexibility index (Phi) is 11.1. The van der Waals surface area contributed by atoms with E-state index in [1.807, 2.05) is 80.3 Å². The Morgan fingerprint density at radius 1 is 0.963 bits per heavy atom. The number of nitrogens with zero attached hydrogens (tertiary/aromatic N) is 4. The topological polar surface area (TPSA) is 87.1 Å². The summed E-state index contributed by atoms with van der Waals surface area (Å²) in [6.07, 6.45) is 3.29. The lowest BCUT2D eigenvalue weighted by molar-refractivity contribution is -0.117. The first kappa shape index (κ1) is 39.2. The minimum atomic E-state index is -1.07. The van der Waals surface area contributed by atoms with Gasteiger partial charge in [-0.1, -0.05) is 74.3 Å². The van der Waals surface area contributed by atoms with Gasteiger partial charge in [-0.05, 0) is 94.0 Å². The minimum absolute atomic E-state index is 0.0512. The number of amidine groups is 1. The van der Waals surface area contributed by atoms with Gasteiger partial charge in [0.2, 0.25) is 5.91 Å². The molecule has 0 bridgehead atoms. The van der Waals surface area contributed by atoms with Crippen LogP contribution in [-0.2, 0) is 21.3 Å². The van der Waals surface area contributed by atoms with Crippen molar-refractivity contribution in [1.29, 1.82) is 0 Å². The van der Waals surface area contributed by atoms with Gasteiger partial charge in [-0.3, -0.25) is 19.7 Å². The predicted molar refractivity (Wildman–Crippen MR) is 214 cm³/mol. The highest BCUT2D eigenvalue weighted by molar-refractivity contribution is 6.30. The lowest BCUT2D eigenvalue weighted by Gasteiger charge is -2.47. The Morgan fingerprint density at radius 3 is 2.17 bits per heavy atom. The molecule has 3 amide bonds. The number of ether oxygens (including phenoxy) is 1. The van der Waals surface area contributed by atoms with Crippen LogP contribution in [0.3, 0.4) is 0 Å². The van der Waals surface area contributed by atoms with Gasteiger partial charge in [-0.25, -0.2) is 9.18 Å². The second kappa shape index (κ2) is 15.3. The van der Waals surface area contributed by atoms with Crippen molar-refractivity contribution >= 4 is 46.7 Å². The van der Waals surface area contributed by atoms with Crippen molar-refractivity contribution in [2.45, 2.75) is 84.2 Å². The first-order chi connectivity index (χ1) is 25.6. The number of aliphatic imine (C=N–C) groups is 1. The molecule has 0 aliphatic carbocycles. The van der Waals surface area contributed by atoms with Crippen molar-refractivity contribution in [3.05, 3.63) is 123 Å². The van der Waals surface area contributed by atoms with E-state index < -0.39 is 11.1 Å². The highest BCUT2D eigenvalue weighted by atomic mass is 35.5. The SMILES string of the molecule is CCOc1cc(C(C)(C)C)ncc1C1=N[C@@](C)(c2ccc(Cl)cc2)[C@@](C)(c2ccc(Cl)cc2)N1C(=O)N1CCC(CC(=O)Nc2cccc(F)c2C)CC1. The zero-order chi connectivity index (χ0) is 39.0. The number of nitrogens with one attached hydrogen (secondary N) is 1. The molecule has 4 aromatic rings. The Labute approximate surface area is 327 Å². The maximum atomic E-state index is 15.3. The lowest BCUT2D eigenvalue weighted by atomic mass is 9.71. The Bertz CT molecular complexity index is 2060. The monoisotopic (exact) mass is 771 g/mol. The summed E-state index contributed by atoms with van der Waals surface area (Å²) in [5, 5.41) is 4.04. The number of piperidine rings is 1. The molecule has 3 aromatic carbocycles. The van der Waals surface area contributed by atoms with E-state index in [0.717, 1.165) is 16.8 Å². The third kappa shape index (κ3) is 7.45. The normalized spacial score (nSPS) is 20.5. The molecule has 1 N–H and O–H groups in total. The molecule has 8 nitrogen and oxygen atoms in total. The number of urea groups is 1. The number of halogens is 3. The molecule has 54 heavy (non-hydrogen) atoms. The zero-order valence-corrected chi connectivity index (χ0v) is 33.5. The van der Waals surface area contributed by atoms with Crippen LogP contribution in [0.25, 0.3) is 0 Å². The van der Waals surface area contributed by atoms with Crippen molar-refractivity contribution < 1.29 is 18.7 Å². The maximum Gasteiger partial charge on any atom is 0.326 e. The second-order valence-electron chi connectivity index (χ2n) is 15.6. The van der Waals surface area contributed by atoms with Gasteiger partial charge in [0.1, 0.15) is 28.5 Å².